The van der Waals surface area contributed by atoms with Gasteiger partial charge in [-0.05, 0) is 24.6 Å². The minimum Gasteiger partial charge on any atom is -0.382 e. The number of nitrogen functional groups attached to an aromatic ring is 1. The van der Waals surface area contributed by atoms with E-state index in [0.717, 1.165) is 34.6 Å². The molecule has 3 aromatic heterocycles. The molecule has 0 aliphatic carbocycles. The number of hydrogen-bond donors (Lipinski definition) is 2. The zero-order chi connectivity index (χ0) is 23.4. The van der Waals surface area contributed by atoms with Crippen LogP contribution in [0.2, 0.25) is 0 Å². The van der Waals surface area contributed by atoms with E-state index < -0.39 is 0 Å². The number of ketones is 1. The Hall–Kier alpha value is -3.91. The predicted molar refractivity (Wildman–Crippen MR) is 128 cm³/mol. The fourth-order valence-corrected chi connectivity index (χ4v) is 3.75. The number of imidazole rings is 1. The van der Waals surface area contributed by atoms with Crippen molar-refractivity contribution in [2.45, 2.75) is 32.6 Å². The molecule has 0 bridgehead atoms. The number of Topliss-reactive ketones (excluding diaryl/α,β-unsaturated/α-hetero) is 1. The van der Waals surface area contributed by atoms with E-state index in [2.05, 4.69) is 33.8 Å². The second-order valence-electron chi connectivity index (χ2n) is 8.14. The van der Waals surface area contributed by atoms with Crippen LogP contribution in [0.25, 0.3) is 16.9 Å². The van der Waals surface area contributed by atoms with Gasteiger partial charge < -0.3 is 16.0 Å². The first kappa shape index (κ1) is 22.3. The van der Waals surface area contributed by atoms with Gasteiger partial charge >= 0.3 is 0 Å². The molecule has 8 heteroatoms. The van der Waals surface area contributed by atoms with Crippen LogP contribution in [0.1, 0.15) is 47.2 Å². The van der Waals surface area contributed by atoms with E-state index in [1.54, 1.807) is 24.8 Å². The summed E-state index contributed by atoms with van der Waals surface area (Å²) in [4.78, 5) is 30.7. The van der Waals surface area contributed by atoms with Crippen molar-refractivity contribution in [3.8, 4) is 16.9 Å². The van der Waals surface area contributed by atoms with Gasteiger partial charge in [-0.3, -0.25) is 9.78 Å². The first-order valence-electron chi connectivity index (χ1n) is 10.9. The summed E-state index contributed by atoms with van der Waals surface area (Å²) in [6.07, 6.45) is 9.53. The van der Waals surface area contributed by atoms with Crippen LogP contribution in [0, 0.1) is 0 Å². The van der Waals surface area contributed by atoms with Crippen LogP contribution in [0.5, 0.6) is 0 Å². The Morgan fingerprint density at radius 1 is 1.06 bits per heavy atom. The van der Waals surface area contributed by atoms with Gasteiger partial charge in [-0.25, -0.2) is 15.0 Å². The van der Waals surface area contributed by atoms with Crippen molar-refractivity contribution >= 4 is 11.6 Å². The van der Waals surface area contributed by atoms with E-state index in [0.29, 0.717) is 12.2 Å². The van der Waals surface area contributed by atoms with E-state index in [1.807, 2.05) is 41.1 Å². The molecule has 4 rings (SSSR count). The van der Waals surface area contributed by atoms with Crippen LogP contribution in [0.3, 0.4) is 0 Å². The zero-order valence-corrected chi connectivity index (χ0v) is 18.8. The Balaban J connectivity index is 1.64. The molecule has 4 aromatic rings. The Morgan fingerprint density at radius 3 is 2.58 bits per heavy atom. The molecule has 0 unspecified atom stereocenters. The molecule has 4 N–H and O–H groups in total. The summed E-state index contributed by atoms with van der Waals surface area (Å²) in [5.41, 5.74) is 16.0. The highest BCUT2D eigenvalue weighted by atomic mass is 16.1. The van der Waals surface area contributed by atoms with Crippen LogP contribution >= 0.6 is 0 Å². The van der Waals surface area contributed by atoms with Gasteiger partial charge in [0, 0.05) is 48.3 Å². The fourth-order valence-electron chi connectivity index (χ4n) is 3.75. The van der Waals surface area contributed by atoms with Gasteiger partial charge in [0.25, 0.3) is 0 Å². The third-order valence-electron chi connectivity index (χ3n) is 5.42. The van der Waals surface area contributed by atoms with Crippen molar-refractivity contribution in [1.82, 2.24) is 24.5 Å². The van der Waals surface area contributed by atoms with E-state index >= 15 is 0 Å². The summed E-state index contributed by atoms with van der Waals surface area (Å²) in [6, 6.07) is 9.78. The number of nitrogens with zero attached hydrogens (tertiary/aromatic N) is 5. The van der Waals surface area contributed by atoms with Gasteiger partial charge in [-0.15, -0.1) is 0 Å². The number of hydrogen-bond acceptors (Lipinski definition) is 7. The smallest absolute Gasteiger partial charge is 0.189 e. The summed E-state index contributed by atoms with van der Waals surface area (Å²) in [5, 5.41) is 0. The van der Waals surface area contributed by atoms with Crippen LogP contribution in [0.15, 0.2) is 61.3 Å². The third-order valence-corrected chi connectivity index (χ3v) is 5.42. The lowest BCUT2D eigenvalue weighted by molar-refractivity contribution is 0.0989. The number of nitrogens with two attached hydrogens (primary N) is 2. The molecule has 0 aliphatic rings. The van der Waals surface area contributed by atoms with Crippen molar-refractivity contribution in [3.05, 3.63) is 84.0 Å². The van der Waals surface area contributed by atoms with Gasteiger partial charge in [0.1, 0.15) is 11.5 Å². The average molecular weight is 442 g/mol. The average Bonchev–Trinajstić information content (AvgIpc) is 3.31. The van der Waals surface area contributed by atoms with E-state index in [4.69, 9.17) is 11.5 Å². The lowest BCUT2D eigenvalue weighted by Gasteiger charge is -2.14. The Morgan fingerprint density at radius 2 is 1.85 bits per heavy atom. The van der Waals surface area contributed by atoms with Gasteiger partial charge in [0.15, 0.2) is 11.6 Å². The zero-order valence-electron chi connectivity index (χ0n) is 18.8. The van der Waals surface area contributed by atoms with Crippen LogP contribution in [-0.4, -0.2) is 36.8 Å². The quantitative estimate of drug-likeness (QED) is 0.402. The highest BCUT2D eigenvalue weighted by molar-refractivity contribution is 6.00. The molecule has 168 valence electrons. The molecule has 0 saturated carbocycles. The van der Waals surface area contributed by atoms with Gasteiger partial charge in [-0.1, -0.05) is 38.1 Å². The molecule has 1 aromatic carbocycles. The number of pyridine rings is 1. The van der Waals surface area contributed by atoms with Crippen LogP contribution in [0.4, 0.5) is 5.82 Å². The van der Waals surface area contributed by atoms with E-state index in [-0.39, 0.29) is 29.6 Å². The third kappa shape index (κ3) is 4.80. The van der Waals surface area contributed by atoms with Gasteiger partial charge in [0.05, 0.1) is 17.6 Å². The summed E-state index contributed by atoms with van der Waals surface area (Å²) in [7, 11) is 0. The van der Waals surface area contributed by atoms with Crippen LogP contribution in [-0.2, 0) is 12.8 Å². The molecule has 0 aliphatic heterocycles. The molecule has 0 radical (unpaired) electrons. The number of aromatic nitrogens is 5. The number of rotatable bonds is 8. The maximum absolute atomic E-state index is 13.2. The summed E-state index contributed by atoms with van der Waals surface area (Å²) < 4.78 is 1.99. The molecular formula is C25H27N7O. The van der Waals surface area contributed by atoms with E-state index in [9.17, 15) is 4.79 Å². The molecule has 0 amide bonds. The minimum atomic E-state index is -0.220. The van der Waals surface area contributed by atoms with Crippen molar-refractivity contribution in [2.75, 3.05) is 12.3 Å². The van der Waals surface area contributed by atoms with Gasteiger partial charge in [-0.2, -0.15) is 0 Å². The maximum Gasteiger partial charge on any atom is 0.189 e. The number of benzene rings is 1. The second-order valence-corrected chi connectivity index (χ2v) is 8.14. The molecule has 0 spiro atoms. The lowest BCUT2D eigenvalue weighted by atomic mass is 10.0. The Labute approximate surface area is 192 Å². The number of anilines is 1. The van der Waals surface area contributed by atoms with E-state index in [1.165, 1.54) is 0 Å². The molecule has 0 fully saturated rings. The maximum atomic E-state index is 13.2. The van der Waals surface area contributed by atoms with Crippen molar-refractivity contribution in [1.29, 1.82) is 0 Å². The fraction of sp³-hybridized carbons (Fsp3) is 0.240. The predicted octanol–water partition coefficient (Wildman–Crippen LogP) is 3.36. The standard InChI is InChI=1S/C25H27N7O/c1-16(2)25-29-11-12-32(25)21-8-10-28-14-19(21)13-22(33)23-24(27)30-15-20(31-23)18-5-3-17(4-6-18)7-9-26/h3-6,8,10-12,14-16H,7,9,13,26H2,1-2H3,(H2,27,30). The Kier molecular flexibility index (Phi) is 6.55. The molecule has 3 heterocycles. The summed E-state index contributed by atoms with van der Waals surface area (Å²) in [5.74, 6) is 1.03. The molecule has 8 nitrogen and oxygen atoms in total. The number of carbonyl (C=O) groups excluding carboxylic acids is 1. The molecule has 0 saturated heterocycles. The summed E-state index contributed by atoms with van der Waals surface area (Å²) in [6.45, 7) is 4.75. The van der Waals surface area contributed by atoms with Crippen molar-refractivity contribution in [2.24, 2.45) is 5.73 Å². The van der Waals surface area contributed by atoms with Crippen molar-refractivity contribution in [3.63, 3.8) is 0 Å². The molecule has 33 heavy (non-hydrogen) atoms. The van der Waals surface area contributed by atoms with Gasteiger partial charge in [0.2, 0.25) is 0 Å². The first-order valence-corrected chi connectivity index (χ1v) is 10.9. The first-order chi connectivity index (χ1) is 16.0. The van der Waals surface area contributed by atoms with Crippen molar-refractivity contribution < 1.29 is 4.79 Å². The van der Waals surface area contributed by atoms with Crippen LogP contribution < -0.4 is 11.5 Å². The lowest BCUT2D eigenvalue weighted by Crippen LogP contribution is -2.14. The largest absolute Gasteiger partial charge is 0.382 e. The highest BCUT2D eigenvalue weighted by Crippen LogP contribution is 2.23. The molecular weight excluding hydrogens is 414 g/mol. The SMILES string of the molecule is CC(C)c1nccn1-c1ccncc1CC(=O)c1nc(-c2ccc(CCN)cc2)cnc1N. The molecule has 0 atom stereocenters. The second kappa shape index (κ2) is 9.70. The monoisotopic (exact) mass is 441 g/mol. The normalized spacial score (nSPS) is 11.2. The highest BCUT2D eigenvalue weighted by Gasteiger charge is 2.19. The topological polar surface area (TPSA) is 126 Å². The number of carbonyl (C=O) groups is 1. The minimum absolute atomic E-state index is 0.0939. The summed E-state index contributed by atoms with van der Waals surface area (Å²) >= 11 is 0. The Bertz CT molecular complexity index is 1260.